The highest BCUT2D eigenvalue weighted by Gasteiger charge is 2.55. The van der Waals surface area contributed by atoms with Crippen molar-refractivity contribution in [3.8, 4) is 16.9 Å². The fourth-order valence-corrected chi connectivity index (χ4v) is 4.40. The second-order valence-corrected chi connectivity index (χ2v) is 9.92. The monoisotopic (exact) mass is 484 g/mol. The summed E-state index contributed by atoms with van der Waals surface area (Å²) in [7, 11) is 0. The van der Waals surface area contributed by atoms with Gasteiger partial charge in [0.1, 0.15) is 5.75 Å². The first-order valence-electron chi connectivity index (χ1n) is 11.5. The summed E-state index contributed by atoms with van der Waals surface area (Å²) < 4.78 is 0. The van der Waals surface area contributed by atoms with Crippen molar-refractivity contribution in [3.05, 3.63) is 82.9 Å². The van der Waals surface area contributed by atoms with Crippen molar-refractivity contribution in [3.63, 3.8) is 0 Å². The number of para-hydroxylation sites is 1. The van der Waals surface area contributed by atoms with Crippen LogP contribution in [0.2, 0.25) is 0 Å². The summed E-state index contributed by atoms with van der Waals surface area (Å²) >= 11 is 0. The van der Waals surface area contributed by atoms with E-state index < -0.39 is 22.8 Å². The number of hydrazone groups is 1. The number of phenols is 1. The standard InChI is InChI=1S/C28H28N4O4/c1-16-12-13-20(14-17(16)2)28(27(3,4)5)24(25(34)31-32-28)30-29-22-11-7-10-21(23(22)33)18-8-6-9-19(15-18)26(35)36/h6-15,29,33H,1-5H3,(H,35,36). The molecule has 0 bridgehead atoms. The predicted octanol–water partition coefficient (Wildman–Crippen LogP) is 6.08. The van der Waals surface area contributed by atoms with Gasteiger partial charge < -0.3 is 10.2 Å². The minimum atomic E-state index is -1.13. The van der Waals surface area contributed by atoms with E-state index in [9.17, 15) is 19.8 Å². The molecule has 3 N–H and O–H groups in total. The Balaban J connectivity index is 1.78. The number of hydrogen-bond acceptors (Lipinski definition) is 6. The summed E-state index contributed by atoms with van der Waals surface area (Å²) in [5.41, 5.74) is 5.58. The predicted molar refractivity (Wildman–Crippen MR) is 138 cm³/mol. The summed E-state index contributed by atoms with van der Waals surface area (Å²) in [6, 6.07) is 17.2. The summed E-state index contributed by atoms with van der Waals surface area (Å²) in [6.07, 6.45) is 0. The SMILES string of the molecule is Cc1ccc(C2(C(C)(C)C)N=NC(=O)C2=NNc2cccc(-c3cccc(C(=O)O)c3)c2O)cc1C. The summed E-state index contributed by atoms with van der Waals surface area (Å²) in [6.45, 7) is 9.94. The Morgan fingerprint density at radius 2 is 1.72 bits per heavy atom. The number of carbonyl (C=O) groups is 2. The number of carboxylic acids is 1. The van der Waals surface area contributed by atoms with Crippen LogP contribution in [0.25, 0.3) is 11.1 Å². The summed E-state index contributed by atoms with van der Waals surface area (Å²) in [5, 5.41) is 33.1. The maximum absolute atomic E-state index is 12.9. The molecule has 36 heavy (non-hydrogen) atoms. The van der Waals surface area contributed by atoms with E-state index in [1.807, 2.05) is 52.8 Å². The average molecular weight is 485 g/mol. The fraction of sp³-hybridized carbons (Fsp3) is 0.250. The number of benzene rings is 3. The van der Waals surface area contributed by atoms with Crippen LogP contribution in [0.5, 0.6) is 5.75 Å². The average Bonchev–Trinajstić information content (AvgIpc) is 3.17. The largest absolute Gasteiger partial charge is 0.505 e. The molecule has 8 heteroatoms. The summed E-state index contributed by atoms with van der Waals surface area (Å²) in [4.78, 5) is 24.3. The van der Waals surface area contributed by atoms with Gasteiger partial charge in [0.05, 0.1) is 11.3 Å². The van der Waals surface area contributed by atoms with E-state index in [0.717, 1.165) is 16.7 Å². The van der Waals surface area contributed by atoms with Crippen LogP contribution in [-0.2, 0) is 10.3 Å². The van der Waals surface area contributed by atoms with Crippen molar-refractivity contribution in [1.82, 2.24) is 0 Å². The van der Waals surface area contributed by atoms with Crippen LogP contribution in [0.1, 0.15) is 47.8 Å². The van der Waals surface area contributed by atoms with E-state index in [4.69, 9.17) is 0 Å². The molecule has 0 saturated carbocycles. The van der Waals surface area contributed by atoms with E-state index in [-0.39, 0.29) is 22.7 Å². The van der Waals surface area contributed by atoms with Crippen LogP contribution >= 0.6 is 0 Å². The quantitative estimate of drug-likeness (QED) is 0.299. The smallest absolute Gasteiger partial charge is 0.335 e. The number of anilines is 1. The van der Waals surface area contributed by atoms with E-state index in [1.165, 1.54) is 12.1 Å². The number of nitrogens with zero attached hydrogens (tertiary/aromatic N) is 3. The number of rotatable bonds is 5. The third-order valence-electron chi connectivity index (χ3n) is 6.59. The number of carbonyl (C=O) groups excluding carboxylic acids is 1. The molecule has 0 spiro atoms. The molecule has 0 aromatic heterocycles. The van der Waals surface area contributed by atoms with Crippen molar-refractivity contribution in [2.75, 3.05) is 5.43 Å². The lowest BCUT2D eigenvalue weighted by atomic mass is 9.67. The third kappa shape index (κ3) is 4.15. The normalized spacial score (nSPS) is 18.6. The van der Waals surface area contributed by atoms with Gasteiger partial charge in [0.15, 0.2) is 11.3 Å². The molecule has 4 rings (SSSR count). The van der Waals surface area contributed by atoms with Crippen LogP contribution in [0.4, 0.5) is 5.69 Å². The zero-order chi connectivity index (χ0) is 26.3. The molecule has 3 aromatic carbocycles. The molecule has 1 aliphatic heterocycles. The van der Waals surface area contributed by atoms with E-state index in [1.54, 1.807) is 30.3 Å². The molecule has 184 valence electrons. The van der Waals surface area contributed by atoms with Gasteiger partial charge in [0, 0.05) is 5.56 Å². The number of carboxylic acid groups (broad SMARTS) is 1. The lowest BCUT2D eigenvalue weighted by molar-refractivity contribution is -0.111. The maximum atomic E-state index is 12.9. The van der Waals surface area contributed by atoms with Gasteiger partial charge in [-0.3, -0.25) is 10.2 Å². The zero-order valence-electron chi connectivity index (χ0n) is 20.8. The third-order valence-corrected chi connectivity index (χ3v) is 6.59. The molecular formula is C28H28N4O4. The first-order valence-corrected chi connectivity index (χ1v) is 11.5. The number of nitrogens with one attached hydrogen (secondary N) is 1. The second-order valence-electron chi connectivity index (χ2n) is 9.92. The van der Waals surface area contributed by atoms with Gasteiger partial charge in [-0.1, -0.05) is 63.2 Å². The number of aromatic carboxylic acids is 1. The van der Waals surface area contributed by atoms with E-state index in [0.29, 0.717) is 11.1 Å². The lowest BCUT2D eigenvalue weighted by Gasteiger charge is -2.38. The molecule has 1 unspecified atom stereocenters. The van der Waals surface area contributed by atoms with Gasteiger partial charge in [-0.25, -0.2) is 4.79 Å². The van der Waals surface area contributed by atoms with Gasteiger partial charge in [0.2, 0.25) is 0 Å². The first-order chi connectivity index (χ1) is 17.0. The number of aryl methyl sites for hydroxylation is 2. The number of aromatic hydroxyl groups is 1. The van der Waals surface area contributed by atoms with Gasteiger partial charge in [-0.05, 0) is 59.7 Å². The van der Waals surface area contributed by atoms with Crippen molar-refractivity contribution in [2.45, 2.75) is 40.2 Å². The highest BCUT2D eigenvalue weighted by molar-refractivity contribution is 6.44. The van der Waals surface area contributed by atoms with Crippen LogP contribution in [0, 0.1) is 19.3 Å². The molecule has 3 aromatic rings. The minimum Gasteiger partial charge on any atom is -0.505 e. The van der Waals surface area contributed by atoms with Crippen molar-refractivity contribution in [1.29, 1.82) is 0 Å². The van der Waals surface area contributed by atoms with Gasteiger partial charge >= 0.3 is 11.9 Å². The molecule has 1 atom stereocenters. The molecule has 8 nitrogen and oxygen atoms in total. The molecule has 0 radical (unpaired) electrons. The molecule has 0 saturated heterocycles. The number of azo groups is 1. The van der Waals surface area contributed by atoms with Crippen molar-refractivity contribution >= 4 is 23.3 Å². The van der Waals surface area contributed by atoms with Crippen molar-refractivity contribution in [2.24, 2.45) is 20.7 Å². The van der Waals surface area contributed by atoms with Crippen LogP contribution in [0.15, 0.2) is 76.0 Å². The summed E-state index contributed by atoms with van der Waals surface area (Å²) in [5.74, 6) is -1.74. The van der Waals surface area contributed by atoms with Crippen LogP contribution in [-0.4, -0.2) is 27.8 Å². The Labute approximate surface area is 209 Å². The molecule has 0 fully saturated rings. The van der Waals surface area contributed by atoms with Crippen molar-refractivity contribution < 1.29 is 19.8 Å². The highest BCUT2D eigenvalue weighted by Crippen LogP contribution is 2.48. The topological polar surface area (TPSA) is 124 Å². The Morgan fingerprint density at radius 3 is 2.39 bits per heavy atom. The molecule has 1 heterocycles. The second kappa shape index (κ2) is 9.03. The number of phenolic OH excluding ortho intramolecular Hbond substituents is 1. The van der Waals surface area contributed by atoms with Gasteiger partial charge in [0.25, 0.3) is 0 Å². The van der Waals surface area contributed by atoms with Gasteiger partial charge in [-0.2, -0.15) is 10.2 Å². The Bertz CT molecular complexity index is 1440. The molecule has 0 aliphatic carbocycles. The Hall–Kier alpha value is -4.33. The van der Waals surface area contributed by atoms with E-state index in [2.05, 4.69) is 20.8 Å². The molecule has 1 aliphatic rings. The lowest BCUT2D eigenvalue weighted by Crippen LogP contribution is -2.45. The van der Waals surface area contributed by atoms with Crippen LogP contribution in [0.3, 0.4) is 0 Å². The zero-order valence-corrected chi connectivity index (χ0v) is 20.8. The molecule has 1 amide bonds. The Morgan fingerprint density at radius 1 is 1.00 bits per heavy atom. The van der Waals surface area contributed by atoms with Gasteiger partial charge in [-0.15, -0.1) is 5.11 Å². The first kappa shape index (κ1) is 24.8. The highest BCUT2D eigenvalue weighted by atomic mass is 16.4. The number of amides is 1. The minimum absolute atomic E-state index is 0.105. The maximum Gasteiger partial charge on any atom is 0.335 e. The fourth-order valence-electron chi connectivity index (χ4n) is 4.40. The van der Waals surface area contributed by atoms with Crippen LogP contribution < -0.4 is 5.43 Å². The van der Waals surface area contributed by atoms with E-state index >= 15 is 0 Å². The molecular weight excluding hydrogens is 456 g/mol. The number of hydrogen-bond donors (Lipinski definition) is 3. The Kier molecular flexibility index (Phi) is 6.22.